The quantitative estimate of drug-likeness (QED) is 0.848. The maximum absolute atomic E-state index is 12.5. The Morgan fingerprint density at radius 1 is 1.26 bits per heavy atom. The van der Waals surface area contributed by atoms with Crippen molar-refractivity contribution in [2.45, 2.75) is 25.1 Å². The third kappa shape index (κ3) is 4.02. The number of nitrogens with zero attached hydrogens (tertiary/aromatic N) is 1. The molecule has 0 aromatic heterocycles. The minimum absolute atomic E-state index is 0.180. The molecule has 1 N–H and O–H groups in total. The number of aliphatic hydroxyl groups excluding tert-OH is 1. The highest BCUT2D eigenvalue weighted by atomic mass is 32.2. The molecule has 3 rings (SSSR count). The van der Waals surface area contributed by atoms with Gasteiger partial charge in [0.15, 0.2) is 0 Å². The highest BCUT2D eigenvalue weighted by Gasteiger charge is 2.52. The molecule has 1 spiro atoms. The van der Waals surface area contributed by atoms with E-state index in [4.69, 9.17) is 0 Å². The van der Waals surface area contributed by atoms with Crippen molar-refractivity contribution in [3.05, 3.63) is 35.4 Å². The molecule has 2 fully saturated rings. The van der Waals surface area contributed by atoms with E-state index in [9.17, 15) is 22.8 Å². The lowest BCUT2D eigenvalue weighted by atomic mass is 9.91. The van der Waals surface area contributed by atoms with E-state index >= 15 is 0 Å². The lowest BCUT2D eigenvalue weighted by Crippen LogP contribution is -2.50. The highest BCUT2D eigenvalue weighted by molar-refractivity contribution is 7.92. The number of halogens is 3. The van der Waals surface area contributed by atoms with Gasteiger partial charge >= 0.3 is 6.18 Å². The Morgan fingerprint density at radius 2 is 1.91 bits per heavy atom. The number of hydrogen-bond acceptors (Lipinski definition) is 3. The van der Waals surface area contributed by atoms with E-state index in [1.165, 1.54) is 12.1 Å². The molecule has 2 heterocycles. The van der Waals surface area contributed by atoms with Gasteiger partial charge in [-0.15, -0.1) is 0 Å². The minimum atomic E-state index is -4.33. The second-order valence-corrected chi connectivity index (χ2v) is 8.22. The molecule has 1 atom stereocenters. The maximum Gasteiger partial charge on any atom is 0.416 e. The van der Waals surface area contributed by atoms with Gasteiger partial charge in [0.25, 0.3) is 0 Å². The zero-order valence-electron chi connectivity index (χ0n) is 12.7. The van der Waals surface area contributed by atoms with Crippen molar-refractivity contribution in [1.82, 2.24) is 4.90 Å². The molecule has 0 amide bonds. The normalized spacial score (nSPS) is 29.7. The number of hydrogen-bond donors (Lipinski definition) is 1. The van der Waals surface area contributed by atoms with Gasteiger partial charge in [-0.25, -0.2) is 0 Å². The molecule has 0 saturated carbocycles. The van der Waals surface area contributed by atoms with Gasteiger partial charge in [0.1, 0.15) is 11.5 Å². The Hall–Kier alpha value is -0.760. The first kappa shape index (κ1) is 17.1. The second kappa shape index (κ2) is 6.27. The SMILES string of the molecule is [O-][S+]1CC2(CCN(CC(O)Cc3ccc(C(F)(F)F)cc3)C2)C1. The zero-order valence-corrected chi connectivity index (χ0v) is 13.5. The molecule has 2 aliphatic heterocycles. The van der Waals surface area contributed by atoms with E-state index in [1.807, 2.05) is 0 Å². The van der Waals surface area contributed by atoms with Crippen LogP contribution in [0.15, 0.2) is 24.3 Å². The molecule has 1 unspecified atom stereocenters. The van der Waals surface area contributed by atoms with Crippen LogP contribution in [-0.4, -0.2) is 51.8 Å². The summed E-state index contributed by atoms with van der Waals surface area (Å²) in [5.74, 6) is 1.52. The van der Waals surface area contributed by atoms with Crippen molar-refractivity contribution in [2.75, 3.05) is 31.1 Å². The van der Waals surface area contributed by atoms with E-state index in [-0.39, 0.29) is 5.41 Å². The number of benzene rings is 1. The summed E-state index contributed by atoms with van der Waals surface area (Å²) in [5.41, 5.74) is 0.207. The van der Waals surface area contributed by atoms with E-state index in [2.05, 4.69) is 4.90 Å². The summed E-state index contributed by atoms with van der Waals surface area (Å²) in [5, 5.41) is 10.2. The third-order valence-corrected chi connectivity index (χ3v) is 6.54. The molecule has 2 saturated heterocycles. The number of β-amino-alcohol motifs (C(OH)–C–C–N with tert-alkyl or cyclic N) is 1. The minimum Gasteiger partial charge on any atom is -0.616 e. The summed E-state index contributed by atoms with van der Waals surface area (Å²) >= 11 is -0.671. The van der Waals surface area contributed by atoms with Gasteiger partial charge in [-0.05, 0) is 37.1 Å². The molecule has 1 aromatic rings. The molecule has 0 radical (unpaired) electrons. The first-order valence-electron chi connectivity index (χ1n) is 7.67. The van der Waals surface area contributed by atoms with Crippen LogP contribution in [0.3, 0.4) is 0 Å². The molecule has 128 valence electrons. The molecule has 2 aliphatic rings. The van der Waals surface area contributed by atoms with Crippen LogP contribution in [0, 0.1) is 5.41 Å². The molecular formula is C16H20F3NO2S. The van der Waals surface area contributed by atoms with Gasteiger partial charge in [0.2, 0.25) is 0 Å². The monoisotopic (exact) mass is 347 g/mol. The molecule has 7 heteroatoms. The lowest BCUT2D eigenvalue weighted by Gasteiger charge is -2.38. The van der Waals surface area contributed by atoms with E-state index in [1.54, 1.807) is 0 Å². The fourth-order valence-electron chi connectivity index (χ4n) is 3.52. The summed E-state index contributed by atoms with van der Waals surface area (Å²) in [6.07, 6.45) is -3.57. The van der Waals surface area contributed by atoms with E-state index < -0.39 is 29.0 Å². The topological polar surface area (TPSA) is 46.5 Å². The highest BCUT2D eigenvalue weighted by Crippen LogP contribution is 2.41. The predicted octanol–water partition coefficient (Wildman–Crippen LogP) is 2.06. The van der Waals surface area contributed by atoms with Gasteiger partial charge in [0, 0.05) is 13.1 Å². The molecule has 0 bridgehead atoms. The molecule has 3 nitrogen and oxygen atoms in total. The number of alkyl halides is 3. The van der Waals surface area contributed by atoms with Gasteiger partial charge in [-0.3, -0.25) is 4.90 Å². The van der Waals surface area contributed by atoms with Gasteiger partial charge < -0.3 is 9.66 Å². The molecule has 0 aliphatic carbocycles. The summed E-state index contributed by atoms with van der Waals surface area (Å²) in [7, 11) is 0. The van der Waals surface area contributed by atoms with Gasteiger partial charge in [-0.2, -0.15) is 13.2 Å². The summed E-state index contributed by atoms with van der Waals surface area (Å²) in [6.45, 7) is 2.26. The van der Waals surface area contributed by atoms with Crippen molar-refractivity contribution < 1.29 is 22.8 Å². The fraction of sp³-hybridized carbons (Fsp3) is 0.625. The Labute approximate surface area is 136 Å². The fourth-order valence-corrected chi connectivity index (χ4v) is 5.28. The van der Waals surface area contributed by atoms with Crippen molar-refractivity contribution in [3.63, 3.8) is 0 Å². The standard InChI is InChI=1S/C16H20F3NO2S/c17-16(18,19)13-3-1-12(2-4-13)7-14(21)8-20-6-5-15(9-20)10-23(22)11-15/h1-4,14,21H,5-11H2. The molecular weight excluding hydrogens is 327 g/mol. The van der Waals surface area contributed by atoms with Crippen LogP contribution in [0.1, 0.15) is 17.5 Å². The number of likely N-dealkylation sites (tertiary alicyclic amines) is 1. The number of rotatable bonds is 4. The number of aliphatic hydroxyl groups is 1. The predicted molar refractivity (Wildman–Crippen MR) is 82.5 cm³/mol. The Bertz CT molecular complexity index is 543. The van der Waals surface area contributed by atoms with Crippen LogP contribution in [-0.2, 0) is 23.8 Å². The maximum atomic E-state index is 12.5. The largest absolute Gasteiger partial charge is 0.616 e. The average molecular weight is 347 g/mol. The van der Waals surface area contributed by atoms with E-state index in [0.29, 0.717) is 18.5 Å². The average Bonchev–Trinajstić information content (AvgIpc) is 2.81. The van der Waals surface area contributed by atoms with Crippen LogP contribution < -0.4 is 0 Å². The Kier molecular flexibility index (Phi) is 4.66. The zero-order chi connectivity index (χ0) is 16.7. The van der Waals surface area contributed by atoms with Crippen LogP contribution in [0.25, 0.3) is 0 Å². The smallest absolute Gasteiger partial charge is 0.416 e. The summed E-state index contributed by atoms with van der Waals surface area (Å²) in [6, 6.07) is 4.95. The van der Waals surface area contributed by atoms with Gasteiger partial charge in [-0.1, -0.05) is 23.3 Å². The lowest BCUT2D eigenvalue weighted by molar-refractivity contribution is -0.137. The summed E-state index contributed by atoms with van der Waals surface area (Å²) < 4.78 is 48.8. The second-order valence-electron chi connectivity index (χ2n) is 6.77. The van der Waals surface area contributed by atoms with Crippen molar-refractivity contribution >= 4 is 11.2 Å². The Morgan fingerprint density at radius 3 is 2.48 bits per heavy atom. The molecule has 1 aromatic carbocycles. The van der Waals surface area contributed by atoms with Crippen LogP contribution in [0.2, 0.25) is 0 Å². The first-order valence-corrected chi connectivity index (χ1v) is 9.16. The first-order chi connectivity index (χ1) is 10.8. The van der Waals surface area contributed by atoms with Crippen LogP contribution >= 0.6 is 0 Å². The van der Waals surface area contributed by atoms with Crippen molar-refractivity contribution in [1.29, 1.82) is 0 Å². The van der Waals surface area contributed by atoms with Crippen molar-refractivity contribution in [2.24, 2.45) is 5.41 Å². The van der Waals surface area contributed by atoms with Crippen LogP contribution in [0.4, 0.5) is 13.2 Å². The third-order valence-electron chi connectivity index (χ3n) is 4.67. The molecule has 23 heavy (non-hydrogen) atoms. The van der Waals surface area contributed by atoms with E-state index in [0.717, 1.165) is 43.1 Å². The van der Waals surface area contributed by atoms with Crippen LogP contribution in [0.5, 0.6) is 0 Å². The summed E-state index contributed by atoms with van der Waals surface area (Å²) in [4.78, 5) is 2.17. The van der Waals surface area contributed by atoms with Gasteiger partial charge in [0.05, 0.1) is 17.1 Å². The van der Waals surface area contributed by atoms with Crippen molar-refractivity contribution in [3.8, 4) is 0 Å². The Balaban J connectivity index is 1.49.